The minimum absolute atomic E-state index is 0.0105. The molecule has 2 N–H and O–H groups in total. The zero-order chi connectivity index (χ0) is 23.5. The van der Waals surface area contributed by atoms with Crippen LogP contribution in [0.1, 0.15) is 22.8 Å². The van der Waals surface area contributed by atoms with Gasteiger partial charge in [-0.05, 0) is 60.5 Å². The summed E-state index contributed by atoms with van der Waals surface area (Å²) in [5.74, 6) is -1.42. The van der Waals surface area contributed by atoms with Crippen LogP contribution in [-0.4, -0.2) is 17.7 Å². The monoisotopic (exact) mass is 479 g/mol. The minimum Gasteiger partial charge on any atom is -0.350 e. The van der Waals surface area contributed by atoms with Crippen molar-refractivity contribution < 1.29 is 14.4 Å². The van der Waals surface area contributed by atoms with E-state index in [2.05, 4.69) is 10.6 Å². The molecule has 6 nitrogen and oxygen atoms in total. The van der Waals surface area contributed by atoms with Crippen LogP contribution in [0, 0.1) is 0 Å². The standard InChI is InChI=1S/C25H19Cl2N3O3/c1-2-15-6-3-4-9-20(15)30-24(32)21(27)22(25(30)33)28-18-12-10-16(11-13-18)23(31)29-19-8-5-7-17(26)14-19/h3-14,28H,2H2,1H3,(H,29,31). The fraction of sp³-hybridized carbons (Fsp3) is 0.0800. The van der Waals surface area contributed by atoms with Gasteiger partial charge in [-0.1, -0.05) is 54.4 Å². The Morgan fingerprint density at radius 1 is 0.879 bits per heavy atom. The van der Waals surface area contributed by atoms with E-state index in [1.165, 1.54) is 0 Å². The summed E-state index contributed by atoms with van der Waals surface area (Å²) in [7, 11) is 0. The number of halogens is 2. The summed E-state index contributed by atoms with van der Waals surface area (Å²) in [5.41, 5.74) is 2.86. The number of imide groups is 1. The van der Waals surface area contributed by atoms with Crippen LogP contribution >= 0.6 is 23.2 Å². The van der Waals surface area contributed by atoms with Crippen molar-refractivity contribution in [2.24, 2.45) is 0 Å². The predicted molar refractivity (Wildman–Crippen MR) is 131 cm³/mol. The van der Waals surface area contributed by atoms with Gasteiger partial charge >= 0.3 is 0 Å². The second kappa shape index (κ2) is 9.48. The van der Waals surface area contributed by atoms with Crippen molar-refractivity contribution in [1.82, 2.24) is 0 Å². The summed E-state index contributed by atoms with van der Waals surface area (Å²) in [5, 5.41) is 6.02. The molecule has 0 radical (unpaired) electrons. The molecule has 0 unspecified atom stereocenters. The van der Waals surface area contributed by atoms with E-state index < -0.39 is 11.8 Å². The summed E-state index contributed by atoms with van der Waals surface area (Å²) in [6.07, 6.45) is 0.659. The number of para-hydroxylation sites is 1. The molecule has 0 fully saturated rings. The average molecular weight is 480 g/mol. The second-order valence-electron chi connectivity index (χ2n) is 7.28. The van der Waals surface area contributed by atoms with Gasteiger partial charge in [0.05, 0.1) is 5.69 Å². The van der Waals surface area contributed by atoms with Crippen LogP contribution in [0.3, 0.4) is 0 Å². The highest BCUT2D eigenvalue weighted by atomic mass is 35.5. The van der Waals surface area contributed by atoms with Gasteiger partial charge in [-0.2, -0.15) is 0 Å². The number of carbonyl (C=O) groups excluding carboxylic acids is 3. The number of rotatable bonds is 6. The molecule has 4 rings (SSSR count). The molecule has 0 saturated heterocycles. The number of hydrogen-bond acceptors (Lipinski definition) is 4. The van der Waals surface area contributed by atoms with Gasteiger partial charge in [0.15, 0.2) is 0 Å². The van der Waals surface area contributed by atoms with E-state index in [4.69, 9.17) is 23.2 Å². The second-order valence-corrected chi connectivity index (χ2v) is 8.10. The van der Waals surface area contributed by atoms with E-state index in [-0.39, 0.29) is 16.6 Å². The minimum atomic E-state index is -0.581. The summed E-state index contributed by atoms with van der Waals surface area (Å²) in [4.78, 5) is 39.3. The molecule has 0 aliphatic carbocycles. The van der Waals surface area contributed by atoms with Crippen molar-refractivity contribution in [3.05, 3.63) is 99.7 Å². The topological polar surface area (TPSA) is 78.5 Å². The van der Waals surface area contributed by atoms with Crippen molar-refractivity contribution >= 4 is 58.0 Å². The maximum absolute atomic E-state index is 13.0. The molecule has 8 heteroatoms. The molecular formula is C25H19Cl2N3O3. The quantitative estimate of drug-likeness (QED) is 0.451. The van der Waals surface area contributed by atoms with Crippen molar-refractivity contribution in [2.75, 3.05) is 15.5 Å². The average Bonchev–Trinajstić information content (AvgIpc) is 3.02. The number of nitrogens with one attached hydrogen (secondary N) is 2. The van der Waals surface area contributed by atoms with Gasteiger partial charge in [0.25, 0.3) is 17.7 Å². The molecule has 1 heterocycles. The molecule has 166 valence electrons. The first-order valence-corrected chi connectivity index (χ1v) is 10.9. The Bertz CT molecular complexity index is 1290. The van der Waals surface area contributed by atoms with E-state index in [1.807, 2.05) is 19.1 Å². The zero-order valence-corrected chi connectivity index (χ0v) is 19.1. The van der Waals surface area contributed by atoms with E-state index in [0.717, 1.165) is 10.5 Å². The summed E-state index contributed by atoms with van der Waals surface area (Å²) < 4.78 is 0. The third kappa shape index (κ3) is 4.62. The van der Waals surface area contributed by atoms with Crippen LogP contribution in [-0.2, 0) is 16.0 Å². The lowest BCUT2D eigenvalue weighted by molar-refractivity contribution is -0.120. The van der Waals surface area contributed by atoms with Gasteiger partial charge < -0.3 is 10.6 Å². The lowest BCUT2D eigenvalue weighted by Crippen LogP contribution is -2.33. The maximum Gasteiger partial charge on any atom is 0.283 e. The van der Waals surface area contributed by atoms with Gasteiger partial charge in [-0.15, -0.1) is 0 Å². The first kappa shape index (κ1) is 22.6. The predicted octanol–water partition coefficient (Wildman–Crippen LogP) is 5.59. The van der Waals surface area contributed by atoms with Gasteiger partial charge in [0.2, 0.25) is 0 Å². The number of anilines is 3. The normalized spacial score (nSPS) is 13.5. The molecule has 0 atom stereocenters. The Kier molecular flexibility index (Phi) is 6.49. The van der Waals surface area contributed by atoms with Gasteiger partial charge in [-0.3, -0.25) is 14.4 Å². The number of amides is 3. The largest absolute Gasteiger partial charge is 0.350 e. The van der Waals surface area contributed by atoms with Crippen molar-refractivity contribution in [3.8, 4) is 0 Å². The fourth-order valence-corrected chi connectivity index (χ4v) is 3.88. The van der Waals surface area contributed by atoms with Gasteiger partial charge in [0.1, 0.15) is 10.7 Å². The Hall–Kier alpha value is -3.61. The smallest absolute Gasteiger partial charge is 0.283 e. The molecule has 1 aliphatic rings. The van der Waals surface area contributed by atoms with Crippen LogP contribution in [0.5, 0.6) is 0 Å². The van der Waals surface area contributed by atoms with Crippen molar-refractivity contribution in [1.29, 1.82) is 0 Å². The third-order valence-electron chi connectivity index (χ3n) is 5.14. The van der Waals surface area contributed by atoms with Crippen molar-refractivity contribution in [3.63, 3.8) is 0 Å². The lowest BCUT2D eigenvalue weighted by Gasteiger charge is -2.18. The lowest BCUT2D eigenvalue weighted by atomic mass is 10.1. The molecule has 3 aromatic carbocycles. The summed E-state index contributed by atoms with van der Waals surface area (Å²) in [6, 6.07) is 20.5. The highest BCUT2D eigenvalue weighted by Gasteiger charge is 2.39. The van der Waals surface area contributed by atoms with E-state index in [9.17, 15) is 14.4 Å². The number of hydrogen-bond donors (Lipinski definition) is 2. The summed E-state index contributed by atoms with van der Waals surface area (Å²) in [6.45, 7) is 1.95. The van der Waals surface area contributed by atoms with E-state index >= 15 is 0 Å². The Balaban J connectivity index is 1.50. The summed E-state index contributed by atoms with van der Waals surface area (Å²) >= 11 is 12.2. The molecule has 1 aliphatic heterocycles. The van der Waals surface area contributed by atoms with Crippen LogP contribution in [0.25, 0.3) is 0 Å². The SMILES string of the molecule is CCc1ccccc1N1C(=O)C(Cl)=C(Nc2ccc(C(=O)Nc3cccc(Cl)c3)cc2)C1=O. The Morgan fingerprint density at radius 3 is 2.30 bits per heavy atom. The molecule has 3 amide bonds. The third-order valence-corrected chi connectivity index (χ3v) is 5.73. The molecule has 0 saturated carbocycles. The van der Waals surface area contributed by atoms with Gasteiger partial charge in [0, 0.05) is 22.0 Å². The van der Waals surface area contributed by atoms with Crippen LogP contribution in [0.15, 0.2) is 83.5 Å². The molecule has 0 aromatic heterocycles. The first-order valence-electron chi connectivity index (χ1n) is 10.2. The van der Waals surface area contributed by atoms with Crippen LogP contribution in [0.2, 0.25) is 5.02 Å². The maximum atomic E-state index is 13.0. The molecule has 3 aromatic rings. The molecule has 0 spiro atoms. The highest BCUT2D eigenvalue weighted by molar-refractivity contribution is 6.53. The molecule has 33 heavy (non-hydrogen) atoms. The number of aryl methyl sites for hydroxylation is 1. The highest BCUT2D eigenvalue weighted by Crippen LogP contribution is 2.32. The van der Waals surface area contributed by atoms with Crippen LogP contribution < -0.4 is 15.5 Å². The zero-order valence-electron chi connectivity index (χ0n) is 17.6. The number of benzene rings is 3. The van der Waals surface area contributed by atoms with Gasteiger partial charge in [-0.25, -0.2) is 4.90 Å². The number of carbonyl (C=O) groups is 3. The Labute approximate surface area is 200 Å². The number of nitrogens with zero attached hydrogens (tertiary/aromatic N) is 1. The van der Waals surface area contributed by atoms with Crippen LogP contribution in [0.4, 0.5) is 17.1 Å². The van der Waals surface area contributed by atoms with E-state index in [0.29, 0.717) is 34.1 Å². The first-order chi connectivity index (χ1) is 15.9. The molecular weight excluding hydrogens is 461 g/mol. The fourth-order valence-electron chi connectivity index (χ4n) is 3.48. The van der Waals surface area contributed by atoms with E-state index in [1.54, 1.807) is 60.7 Å². The van der Waals surface area contributed by atoms with Crippen molar-refractivity contribution in [2.45, 2.75) is 13.3 Å². The molecule has 0 bridgehead atoms. The Morgan fingerprint density at radius 2 is 1.61 bits per heavy atom.